The molecular weight excluding hydrogens is 242 g/mol. The molecule has 19 heavy (non-hydrogen) atoms. The Bertz CT molecular complexity index is 440. The zero-order valence-corrected chi connectivity index (χ0v) is 12.6. The van der Waals surface area contributed by atoms with Crippen LogP contribution in [0, 0.1) is 13.8 Å². The first-order valence-electron chi connectivity index (χ1n) is 6.92. The standard InChI is InChI=1S/C14H25N3O2/c1-6-8-16(9-13(18)19)11(4)14-10(3)15-17(7-2)12(14)5/h11H,6-9H2,1-5H3,(H,18,19). The van der Waals surface area contributed by atoms with Gasteiger partial charge in [0.15, 0.2) is 0 Å². The molecule has 0 fully saturated rings. The Labute approximate surface area is 115 Å². The van der Waals surface area contributed by atoms with Crippen molar-refractivity contribution in [3.8, 4) is 0 Å². The number of aryl methyl sites for hydroxylation is 2. The Morgan fingerprint density at radius 1 is 1.42 bits per heavy atom. The van der Waals surface area contributed by atoms with Gasteiger partial charge >= 0.3 is 5.97 Å². The van der Waals surface area contributed by atoms with Gasteiger partial charge < -0.3 is 5.11 Å². The summed E-state index contributed by atoms with van der Waals surface area (Å²) in [6, 6.07) is 0.0800. The molecule has 1 atom stereocenters. The highest BCUT2D eigenvalue weighted by Gasteiger charge is 2.23. The summed E-state index contributed by atoms with van der Waals surface area (Å²) < 4.78 is 1.98. The van der Waals surface area contributed by atoms with E-state index in [9.17, 15) is 4.79 Å². The van der Waals surface area contributed by atoms with E-state index in [0.29, 0.717) is 0 Å². The maximum atomic E-state index is 11.0. The van der Waals surface area contributed by atoms with Crippen LogP contribution in [0.2, 0.25) is 0 Å². The zero-order valence-electron chi connectivity index (χ0n) is 12.6. The molecule has 0 aliphatic heterocycles. The molecule has 0 saturated carbocycles. The second kappa shape index (κ2) is 6.70. The van der Waals surface area contributed by atoms with Crippen molar-refractivity contribution in [2.75, 3.05) is 13.1 Å². The topological polar surface area (TPSA) is 58.4 Å². The van der Waals surface area contributed by atoms with Crippen LogP contribution in [0.4, 0.5) is 0 Å². The van der Waals surface area contributed by atoms with Crippen LogP contribution in [0.5, 0.6) is 0 Å². The summed E-state index contributed by atoms with van der Waals surface area (Å²) >= 11 is 0. The van der Waals surface area contributed by atoms with Gasteiger partial charge in [-0.05, 0) is 40.7 Å². The van der Waals surface area contributed by atoms with E-state index in [1.54, 1.807) is 0 Å². The first-order valence-corrected chi connectivity index (χ1v) is 6.92. The maximum absolute atomic E-state index is 11.0. The molecule has 1 rings (SSSR count). The summed E-state index contributed by atoms with van der Waals surface area (Å²) in [6.07, 6.45) is 0.942. The van der Waals surface area contributed by atoms with Crippen LogP contribution in [-0.4, -0.2) is 38.8 Å². The van der Waals surface area contributed by atoms with E-state index < -0.39 is 5.97 Å². The van der Waals surface area contributed by atoms with Gasteiger partial charge in [0.25, 0.3) is 0 Å². The summed E-state index contributed by atoms with van der Waals surface area (Å²) in [5.41, 5.74) is 3.30. The van der Waals surface area contributed by atoms with Crippen molar-refractivity contribution in [1.82, 2.24) is 14.7 Å². The molecule has 5 nitrogen and oxygen atoms in total. The maximum Gasteiger partial charge on any atom is 0.317 e. The summed E-state index contributed by atoms with van der Waals surface area (Å²) in [4.78, 5) is 13.0. The average molecular weight is 267 g/mol. The van der Waals surface area contributed by atoms with E-state index >= 15 is 0 Å². The van der Waals surface area contributed by atoms with Crippen molar-refractivity contribution in [2.45, 2.75) is 53.6 Å². The van der Waals surface area contributed by atoms with Gasteiger partial charge in [-0.15, -0.1) is 0 Å². The molecule has 0 saturated heterocycles. The highest BCUT2D eigenvalue weighted by atomic mass is 16.4. The van der Waals surface area contributed by atoms with Gasteiger partial charge in [-0.1, -0.05) is 6.92 Å². The highest BCUT2D eigenvalue weighted by molar-refractivity contribution is 5.69. The monoisotopic (exact) mass is 267 g/mol. The number of nitrogens with zero attached hydrogens (tertiary/aromatic N) is 3. The number of carboxylic acid groups (broad SMARTS) is 1. The fraction of sp³-hybridized carbons (Fsp3) is 0.714. The van der Waals surface area contributed by atoms with Crippen molar-refractivity contribution in [3.05, 3.63) is 17.0 Å². The number of carboxylic acids is 1. The molecule has 1 heterocycles. The van der Waals surface area contributed by atoms with Gasteiger partial charge in [-0.3, -0.25) is 14.4 Å². The van der Waals surface area contributed by atoms with Crippen molar-refractivity contribution in [1.29, 1.82) is 0 Å². The van der Waals surface area contributed by atoms with Gasteiger partial charge in [0.05, 0.1) is 12.2 Å². The van der Waals surface area contributed by atoms with E-state index in [-0.39, 0.29) is 12.6 Å². The Balaban J connectivity index is 3.04. The van der Waals surface area contributed by atoms with E-state index in [2.05, 4.69) is 32.8 Å². The number of hydrogen-bond acceptors (Lipinski definition) is 3. The molecule has 5 heteroatoms. The molecule has 0 spiro atoms. The summed E-state index contributed by atoms with van der Waals surface area (Å²) in [7, 11) is 0. The summed E-state index contributed by atoms with van der Waals surface area (Å²) in [5, 5.41) is 13.5. The average Bonchev–Trinajstić information content (AvgIpc) is 2.62. The molecule has 0 aliphatic carbocycles. The van der Waals surface area contributed by atoms with Crippen LogP contribution >= 0.6 is 0 Å². The van der Waals surface area contributed by atoms with E-state index in [4.69, 9.17) is 5.11 Å². The van der Waals surface area contributed by atoms with Crippen molar-refractivity contribution < 1.29 is 9.90 Å². The van der Waals surface area contributed by atoms with Crippen molar-refractivity contribution >= 4 is 5.97 Å². The molecular formula is C14H25N3O2. The van der Waals surface area contributed by atoms with Crippen LogP contribution in [0.15, 0.2) is 0 Å². The van der Waals surface area contributed by atoms with Crippen molar-refractivity contribution in [3.63, 3.8) is 0 Å². The Morgan fingerprint density at radius 2 is 2.05 bits per heavy atom. The van der Waals surface area contributed by atoms with Gasteiger partial charge in [-0.2, -0.15) is 5.10 Å². The fourth-order valence-electron chi connectivity index (χ4n) is 2.68. The minimum absolute atomic E-state index is 0.0746. The third kappa shape index (κ3) is 3.56. The number of rotatable bonds is 7. The van der Waals surface area contributed by atoms with Crippen LogP contribution in [0.3, 0.4) is 0 Å². The Kier molecular flexibility index (Phi) is 5.54. The smallest absolute Gasteiger partial charge is 0.317 e. The normalized spacial score (nSPS) is 12.9. The first kappa shape index (κ1) is 15.7. The minimum Gasteiger partial charge on any atom is -0.480 e. The third-order valence-electron chi connectivity index (χ3n) is 3.55. The number of carbonyl (C=O) groups is 1. The van der Waals surface area contributed by atoms with Gasteiger partial charge in [0, 0.05) is 23.8 Å². The minimum atomic E-state index is -0.779. The zero-order chi connectivity index (χ0) is 14.6. The first-order chi connectivity index (χ1) is 8.92. The number of aliphatic carboxylic acids is 1. The predicted molar refractivity (Wildman–Crippen MR) is 75.3 cm³/mol. The lowest BCUT2D eigenvalue weighted by Gasteiger charge is -2.27. The molecule has 0 radical (unpaired) electrons. The Hall–Kier alpha value is -1.36. The van der Waals surface area contributed by atoms with Gasteiger partial charge in [-0.25, -0.2) is 0 Å². The quantitative estimate of drug-likeness (QED) is 0.824. The molecule has 0 amide bonds. The molecule has 1 N–H and O–H groups in total. The second-order valence-electron chi connectivity index (χ2n) is 4.94. The lowest BCUT2D eigenvalue weighted by Crippen LogP contribution is -2.33. The number of aromatic nitrogens is 2. The van der Waals surface area contributed by atoms with Crippen LogP contribution in [-0.2, 0) is 11.3 Å². The molecule has 1 aromatic heterocycles. The molecule has 0 aliphatic rings. The SMILES string of the molecule is CCCN(CC(=O)O)C(C)c1c(C)nn(CC)c1C. The lowest BCUT2D eigenvalue weighted by atomic mass is 10.0. The summed E-state index contributed by atoms with van der Waals surface area (Å²) in [6.45, 7) is 11.9. The van der Waals surface area contributed by atoms with E-state index in [0.717, 1.165) is 36.5 Å². The van der Waals surface area contributed by atoms with E-state index in [1.807, 2.05) is 16.5 Å². The van der Waals surface area contributed by atoms with Crippen LogP contribution < -0.4 is 0 Å². The molecule has 0 aromatic carbocycles. The Morgan fingerprint density at radius 3 is 2.47 bits per heavy atom. The predicted octanol–water partition coefficient (Wildman–Crippen LogP) is 2.38. The third-order valence-corrected chi connectivity index (χ3v) is 3.55. The van der Waals surface area contributed by atoms with Crippen LogP contribution in [0.1, 0.15) is 50.2 Å². The molecule has 1 unspecified atom stereocenters. The molecule has 108 valence electrons. The lowest BCUT2D eigenvalue weighted by molar-refractivity contribution is -0.138. The van der Waals surface area contributed by atoms with Crippen LogP contribution in [0.25, 0.3) is 0 Å². The highest BCUT2D eigenvalue weighted by Crippen LogP contribution is 2.26. The number of hydrogen-bond donors (Lipinski definition) is 1. The summed E-state index contributed by atoms with van der Waals surface area (Å²) in [5.74, 6) is -0.779. The van der Waals surface area contributed by atoms with Gasteiger partial charge in [0.1, 0.15) is 0 Å². The largest absolute Gasteiger partial charge is 0.480 e. The van der Waals surface area contributed by atoms with Crippen molar-refractivity contribution in [2.24, 2.45) is 0 Å². The molecule has 1 aromatic rings. The molecule has 0 bridgehead atoms. The van der Waals surface area contributed by atoms with E-state index in [1.165, 1.54) is 0 Å². The van der Waals surface area contributed by atoms with Gasteiger partial charge in [0.2, 0.25) is 0 Å². The second-order valence-corrected chi connectivity index (χ2v) is 4.94. The fourth-order valence-corrected chi connectivity index (χ4v) is 2.68.